The van der Waals surface area contributed by atoms with Gasteiger partial charge in [-0.15, -0.1) is 11.3 Å². The van der Waals surface area contributed by atoms with E-state index in [1.165, 1.54) is 5.56 Å². The fraction of sp³-hybridized carbons (Fsp3) is 0.333. The number of aromatic nitrogens is 5. The molecule has 3 aromatic rings. The van der Waals surface area contributed by atoms with E-state index >= 15 is 0 Å². The summed E-state index contributed by atoms with van der Waals surface area (Å²) in [6.07, 6.45) is 7.39. The normalized spacial score (nSPS) is 12.5. The van der Waals surface area contributed by atoms with Gasteiger partial charge in [0, 0.05) is 36.6 Å². The van der Waals surface area contributed by atoms with Gasteiger partial charge in [-0.05, 0) is 25.5 Å². The van der Waals surface area contributed by atoms with Gasteiger partial charge in [0.1, 0.15) is 0 Å². The summed E-state index contributed by atoms with van der Waals surface area (Å²) in [6, 6.07) is 2.12. The van der Waals surface area contributed by atoms with Crippen LogP contribution < -0.4 is 5.32 Å². The Morgan fingerprint density at radius 1 is 1.32 bits per heavy atom. The molecule has 0 aliphatic rings. The van der Waals surface area contributed by atoms with Crippen LogP contribution in [0.5, 0.6) is 0 Å². The first-order valence-corrected chi connectivity index (χ1v) is 8.03. The van der Waals surface area contributed by atoms with Gasteiger partial charge in [-0.3, -0.25) is 4.68 Å². The van der Waals surface area contributed by atoms with Crippen LogP contribution in [0.15, 0.2) is 36.2 Å². The average molecular weight is 314 g/mol. The first-order chi connectivity index (χ1) is 10.7. The highest BCUT2D eigenvalue weighted by Gasteiger charge is 2.08. The second-order valence-electron chi connectivity index (χ2n) is 5.24. The second-order valence-corrected chi connectivity index (χ2v) is 6.10. The van der Waals surface area contributed by atoms with Crippen LogP contribution in [0, 0.1) is 6.92 Å². The van der Waals surface area contributed by atoms with Gasteiger partial charge >= 0.3 is 0 Å². The molecule has 0 amide bonds. The van der Waals surface area contributed by atoms with Crippen molar-refractivity contribution in [3.8, 4) is 10.8 Å². The molecule has 22 heavy (non-hydrogen) atoms. The lowest BCUT2D eigenvalue weighted by molar-refractivity contribution is 0.449. The summed E-state index contributed by atoms with van der Waals surface area (Å²) in [7, 11) is 0. The molecule has 1 N–H and O–H groups in total. The van der Waals surface area contributed by atoms with E-state index in [9.17, 15) is 0 Å². The van der Waals surface area contributed by atoms with E-state index in [-0.39, 0.29) is 0 Å². The number of rotatable bonds is 6. The molecule has 0 aliphatic heterocycles. The minimum absolute atomic E-state index is 0.317. The molecule has 3 rings (SSSR count). The number of hydrogen-bond donors (Lipinski definition) is 1. The van der Waals surface area contributed by atoms with E-state index in [2.05, 4.69) is 32.3 Å². The van der Waals surface area contributed by atoms with Crippen LogP contribution in [0.1, 0.15) is 18.2 Å². The van der Waals surface area contributed by atoms with Crippen molar-refractivity contribution >= 4 is 11.3 Å². The lowest BCUT2D eigenvalue weighted by atomic mass is 10.3. The molecular weight excluding hydrogens is 296 g/mol. The first-order valence-electron chi connectivity index (χ1n) is 7.15. The molecule has 0 saturated heterocycles. The Bertz CT molecular complexity index is 720. The largest absolute Gasteiger partial charge is 0.307 e. The van der Waals surface area contributed by atoms with Crippen molar-refractivity contribution in [3.63, 3.8) is 0 Å². The number of nitrogens with one attached hydrogen (secondary N) is 1. The lowest BCUT2D eigenvalue weighted by Gasteiger charge is -2.12. The zero-order chi connectivity index (χ0) is 15.4. The van der Waals surface area contributed by atoms with E-state index in [1.54, 1.807) is 29.8 Å². The van der Waals surface area contributed by atoms with Crippen LogP contribution >= 0.6 is 11.3 Å². The summed E-state index contributed by atoms with van der Waals surface area (Å²) >= 11 is 1.57. The monoisotopic (exact) mass is 314 g/mol. The maximum Gasteiger partial charge on any atom is 0.188 e. The third kappa shape index (κ3) is 3.75. The predicted molar refractivity (Wildman–Crippen MR) is 86.4 cm³/mol. The zero-order valence-electron chi connectivity index (χ0n) is 12.6. The fourth-order valence-corrected chi connectivity index (χ4v) is 2.86. The maximum absolute atomic E-state index is 4.57. The van der Waals surface area contributed by atoms with E-state index in [0.29, 0.717) is 11.9 Å². The summed E-state index contributed by atoms with van der Waals surface area (Å²) in [5.74, 6) is 0.679. The minimum atomic E-state index is 0.317. The topological polar surface area (TPSA) is 68.5 Å². The second kappa shape index (κ2) is 6.76. The summed E-state index contributed by atoms with van der Waals surface area (Å²) < 4.78 is 1.96. The highest BCUT2D eigenvalue weighted by atomic mass is 32.1. The van der Waals surface area contributed by atoms with E-state index in [4.69, 9.17) is 0 Å². The first kappa shape index (κ1) is 14.8. The van der Waals surface area contributed by atoms with Crippen molar-refractivity contribution in [2.24, 2.45) is 0 Å². The van der Waals surface area contributed by atoms with Gasteiger partial charge < -0.3 is 5.32 Å². The molecule has 0 aliphatic carbocycles. The quantitative estimate of drug-likeness (QED) is 0.756. The van der Waals surface area contributed by atoms with Gasteiger partial charge in [0.2, 0.25) is 0 Å². The molecule has 0 fully saturated rings. The number of thiazole rings is 1. The highest BCUT2D eigenvalue weighted by Crippen LogP contribution is 2.19. The standard InChI is InChI=1S/C15H18N6S/c1-11-6-19-21(8-11)9-12(2)18-7-13-10-22-15(20-13)14-16-4-3-5-17-14/h3-6,8,10,12,18H,7,9H2,1-2H3/t12-/m1/s1. The molecule has 1 atom stereocenters. The zero-order valence-corrected chi connectivity index (χ0v) is 13.4. The van der Waals surface area contributed by atoms with Crippen LogP contribution in [0.4, 0.5) is 0 Å². The molecule has 0 saturated carbocycles. The molecular formula is C15H18N6S. The van der Waals surface area contributed by atoms with Crippen molar-refractivity contribution in [2.45, 2.75) is 33.0 Å². The van der Waals surface area contributed by atoms with Gasteiger partial charge in [-0.2, -0.15) is 5.10 Å². The number of aryl methyl sites for hydroxylation is 1. The van der Waals surface area contributed by atoms with Crippen molar-refractivity contribution in [2.75, 3.05) is 0 Å². The Morgan fingerprint density at radius 2 is 2.14 bits per heavy atom. The van der Waals surface area contributed by atoms with Gasteiger partial charge in [0.25, 0.3) is 0 Å². The van der Waals surface area contributed by atoms with Gasteiger partial charge in [-0.25, -0.2) is 15.0 Å². The third-order valence-corrected chi connectivity index (χ3v) is 4.05. The molecule has 0 radical (unpaired) electrons. The highest BCUT2D eigenvalue weighted by molar-refractivity contribution is 7.13. The van der Waals surface area contributed by atoms with Crippen LogP contribution in [-0.2, 0) is 13.1 Å². The Balaban J connectivity index is 1.54. The van der Waals surface area contributed by atoms with Crippen molar-refractivity contribution < 1.29 is 0 Å². The fourth-order valence-electron chi connectivity index (χ4n) is 2.09. The van der Waals surface area contributed by atoms with Crippen molar-refractivity contribution in [1.82, 2.24) is 30.0 Å². The van der Waals surface area contributed by atoms with Gasteiger partial charge in [0.05, 0.1) is 18.4 Å². The molecule has 0 unspecified atom stereocenters. The maximum atomic E-state index is 4.57. The Kier molecular flexibility index (Phi) is 4.55. The third-order valence-electron chi connectivity index (χ3n) is 3.16. The lowest BCUT2D eigenvalue weighted by Crippen LogP contribution is -2.30. The van der Waals surface area contributed by atoms with Crippen molar-refractivity contribution in [1.29, 1.82) is 0 Å². The molecule has 7 heteroatoms. The average Bonchev–Trinajstić information content (AvgIpc) is 3.15. The Hall–Kier alpha value is -2.12. The van der Waals surface area contributed by atoms with Crippen LogP contribution in [-0.4, -0.2) is 30.8 Å². The molecule has 0 aromatic carbocycles. The van der Waals surface area contributed by atoms with Crippen molar-refractivity contribution in [3.05, 3.63) is 47.5 Å². The molecule has 6 nitrogen and oxygen atoms in total. The summed E-state index contributed by atoms with van der Waals surface area (Å²) in [5.41, 5.74) is 2.19. The summed E-state index contributed by atoms with van der Waals surface area (Å²) in [6.45, 7) is 5.76. The predicted octanol–water partition coefficient (Wildman–Crippen LogP) is 2.28. The molecule has 114 valence electrons. The minimum Gasteiger partial charge on any atom is -0.307 e. The van der Waals surface area contributed by atoms with E-state index < -0.39 is 0 Å². The Labute approximate surface area is 133 Å². The van der Waals surface area contributed by atoms with E-state index in [1.807, 2.05) is 29.4 Å². The van der Waals surface area contributed by atoms with Crippen LogP contribution in [0.2, 0.25) is 0 Å². The molecule has 3 heterocycles. The molecule has 0 bridgehead atoms. The van der Waals surface area contributed by atoms with Crippen LogP contribution in [0.3, 0.4) is 0 Å². The van der Waals surface area contributed by atoms with Gasteiger partial charge in [-0.1, -0.05) is 0 Å². The molecule has 3 aromatic heterocycles. The van der Waals surface area contributed by atoms with Gasteiger partial charge in [0.15, 0.2) is 10.8 Å². The number of nitrogens with zero attached hydrogens (tertiary/aromatic N) is 5. The smallest absolute Gasteiger partial charge is 0.188 e. The SMILES string of the molecule is Cc1cnn(C[C@@H](C)NCc2csc(-c3ncccn3)n2)c1. The van der Waals surface area contributed by atoms with Crippen LogP contribution in [0.25, 0.3) is 10.8 Å². The summed E-state index contributed by atoms with van der Waals surface area (Å²) in [4.78, 5) is 13.0. The number of hydrogen-bond acceptors (Lipinski definition) is 6. The van der Waals surface area contributed by atoms with E-state index in [0.717, 1.165) is 23.8 Å². The Morgan fingerprint density at radius 3 is 2.86 bits per heavy atom. The molecule has 0 spiro atoms. The summed E-state index contributed by atoms with van der Waals surface area (Å²) in [5, 5.41) is 10.7.